The molecule has 0 aromatic rings. The van der Waals surface area contributed by atoms with Crippen LogP contribution in [0.5, 0.6) is 0 Å². The van der Waals surface area contributed by atoms with Gasteiger partial charge in [0.05, 0.1) is 39.6 Å². The lowest BCUT2D eigenvalue weighted by molar-refractivity contribution is 0.0301. The van der Waals surface area contributed by atoms with Gasteiger partial charge >= 0.3 is 51.4 Å². The minimum Gasteiger partial charge on any atom is -0.437 e. The largest absolute Gasteiger partial charge is 0.437 e. The van der Waals surface area contributed by atoms with Crippen molar-refractivity contribution in [3.8, 4) is 0 Å². The molecular formula is C86H214O18Si18. The number of aliphatic hydroxyl groups excluding tert-OH is 6. The van der Waals surface area contributed by atoms with E-state index in [1.165, 1.54) is 0 Å². The number of hydrogen-bond donors (Lipinski definition) is 6. The Morgan fingerprint density at radius 2 is 0.377 bits per heavy atom. The molecule has 0 aromatic heterocycles. The van der Waals surface area contributed by atoms with Crippen molar-refractivity contribution in [2.45, 2.75) is 474 Å². The van der Waals surface area contributed by atoms with Gasteiger partial charge in [0, 0.05) is 21.8 Å². The molecule has 0 spiro atoms. The van der Waals surface area contributed by atoms with Gasteiger partial charge < -0.3 is 80.0 Å². The van der Waals surface area contributed by atoms with Gasteiger partial charge in [-0.25, -0.2) is 0 Å². The lowest BCUT2D eigenvalue weighted by Crippen LogP contribution is -2.56. The van der Waals surface area contributed by atoms with Crippen molar-refractivity contribution in [2.24, 2.45) is 39.9 Å². The van der Waals surface area contributed by atoms with Crippen LogP contribution >= 0.6 is 0 Å². The summed E-state index contributed by atoms with van der Waals surface area (Å²) >= 11 is 0. The number of hydrogen-bond acceptors (Lipinski definition) is 18. The van der Waals surface area contributed by atoms with Gasteiger partial charge in [-0.15, -0.1) is 0 Å². The summed E-state index contributed by atoms with van der Waals surface area (Å²) in [4.78, 5) is 0. The quantitative estimate of drug-likeness (QED) is 0.0245. The summed E-state index contributed by atoms with van der Waals surface area (Å²) < 4.78 is 81.1. The minimum absolute atomic E-state index is 0.00827. The van der Waals surface area contributed by atoms with Crippen molar-refractivity contribution in [3.63, 3.8) is 0 Å². The average molecular weight is 2040 g/mol. The molecule has 122 heavy (non-hydrogen) atoms. The number of rotatable bonds is 64. The van der Waals surface area contributed by atoms with E-state index in [0.29, 0.717) is 40.3 Å². The highest BCUT2D eigenvalue weighted by Crippen LogP contribution is 2.45. The Hall–Kier alpha value is 3.18. The van der Waals surface area contributed by atoms with E-state index >= 15 is 0 Å². The molecule has 0 heterocycles. The standard InChI is InChI=1S/2C29H72O6Si6.C28H70O6Si6/c1-27(23-40(15,32-36(3,4)5)33-37(6,7)8)19-17-21-29(25-30,26-31)22-18-20-28(2)24-41(16,34-38(9,10)11)35-39(12,13)14;1-27(40(15,32-36(3,4)5)33-37(6,7)8)21-17-19-23-29(25-30,26-31)24-20-18-22-28(2)41(16,34-38(9,10)11)35-39(12,13)14;1-25(22-39(16,31-35(4,5)6)32-36(7,8)9)18-20-28(23-29,24-30)21-19-26(2)27(3)40(17,33-37(10,11)12)34-38(13,14)15/h2*27-28,30-31H,17-26H2,1-16H3;25-27,29-30H,18-24H2,1-17H3. The van der Waals surface area contributed by atoms with Crippen molar-refractivity contribution < 1.29 is 80.0 Å². The van der Waals surface area contributed by atoms with Crippen LogP contribution in [0.3, 0.4) is 0 Å². The summed E-state index contributed by atoms with van der Waals surface area (Å²) in [5.74, 6) is 1.78. The van der Waals surface area contributed by atoms with Gasteiger partial charge in [-0.05, 0) is 386 Å². The van der Waals surface area contributed by atoms with E-state index in [2.05, 4.69) is 323 Å². The van der Waals surface area contributed by atoms with Crippen LogP contribution < -0.4 is 0 Å². The summed E-state index contributed by atoms with van der Waals surface area (Å²) in [5, 5.41) is 62.5. The predicted molar refractivity (Wildman–Crippen MR) is 575 cm³/mol. The van der Waals surface area contributed by atoms with Crippen LogP contribution in [0.15, 0.2) is 0 Å². The third-order valence-electron chi connectivity index (χ3n) is 22.1. The van der Waals surface area contributed by atoms with Gasteiger partial charge in [-0.3, -0.25) is 0 Å². The minimum atomic E-state index is -2.42. The first-order chi connectivity index (χ1) is 53.9. The lowest BCUT2D eigenvalue weighted by atomic mass is 9.77. The van der Waals surface area contributed by atoms with E-state index in [-0.39, 0.29) is 39.6 Å². The zero-order chi connectivity index (χ0) is 97.1. The number of unbranched alkanes of at least 4 members (excludes halogenated alkanes) is 2. The van der Waals surface area contributed by atoms with Gasteiger partial charge in [0.1, 0.15) is 0 Å². The third-order valence-corrected chi connectivity index (χ3v) is 82.3. The first kappa shape index (κ1) is 129. The molecule has 0 aliphatic carbocycles. The zero-order valence-electron chi connectivity index (χ0n) is 90.2. The van der Waals surface area contributed by atoms with Crippen LogP contribution in [0, 0.1) is 39.9 Å². The SMILES string of the molecule is CC(CCC(CO)(CO)CCC(C)C(C)[Si](C)(O[Si](C)(C)C)O[Si](C)(C)C)C[Si](C)(O[Si](C)(C)C)O[Si](C)(C)C.CC(CCCC(CO)(CO)CCCC(C)C[Si](C)(O[Si](C)(C)C)O[Si](C)(C)C)C[Si](C)(O[Si](C)(C)C)O[Si](C)(C)C.CC(CCCCC(CO)(CO)CCCCC(C)[Si](C)(O[Si](C)(C)C)O[Si](C)(C)C)[Si](C)(O[Si](C)(C)C)O[Si](C)(C)C. The van der Waals surface area contributed by atoms with Crippen molar-refractivity contribution in [2.75, 3.05) is 39.6 Å². The second-order valence-electron chi connectivity index (χ2n) is 51.3. The van der Waals surface area contributed by atoms with Gasteiger partial charge in [0.25, 0.3) is 0 Å². The zero-order valence-corrected chi connectivity index (χ0v) is 108. The van der Waals surface area contributed by atoms with E-state index < -0.39 is 167 Å². The highest BCUT2D eigenvalue weighted by Gasteiger charge is 2.51. The van der Waals surface area contributed by atoms with Crippen LogP contribution in [0.1, 0.15) is 164 Å². The van der Waals surface area contributed by atoms with E-state index in [1.807, 2.05) is 0 Å². The average Bonchev–Trinajstić information content (AvgIpc) is 0.871. The summed E-state index contributed by atoms with van der Waals surface area (Å²) in [6.45, 7) is 111. The summed E-state index contributed by atoms with van der Waals surface area (Å²) in [5.41, 5.74) is -0.138. The van der Waals surface area contributed by atoms with Crippen molar-refractivity contribution in [1.82, 2.24) is 0 Å². The van der Waals surface area contributed by atoms with Gasteiger partial charge in [0.2, 0.25) is 0 Å². The monoisotopic (exact) mass is 2040 g/mol. The molecule has 7 atom stereocenters. The van der Waals surface area contributed by atoms with Crippen LogP contribution in [0.4, 0.5) is 0 Å². The van der Waals surface area contributed by atoms with Gasteiger partial charge in [-0.2, -0.15) is 0 Å². The predicted octanol–water partition coefficient (Wildman–Crippen LogP) is 27.3. The molecular weight excluding hydrogens is 1830 g/mol. The fourth-order valence-corrected chi connectivity index (χ4v) is 95.4. The normalized spacial score (nSPS) is 16.5. The van der Waals surface area contributed by atoms with E-state index in [4.69, 9.17) is 49.4 Å². The van der Waals surface area contributed by atoms with Crippen LogP contribution in [-0.4, -0.2) is 221 Å². The highest BCUT2D eigenvalue weighted by molar-refractivity contribution is 6.92. The van der Waals surface area contributed by atoms with Crippen LogP contribution in [0.2, 0.25) is 310 Å². The summed E-state index contributed by atoms with van der Waals surface area (Å²) in [6, 6.07) is 2.96. The molecule has 0 rings (SSSR count). The molecule has 0 radical (unpaired) electrons. The molecule has 0 aliphatic rings. The molecule has 7 unspecified atom stereocenters. The Morgan fingerprint density at radius 3 is 0.582 bits per heavy atom. The van der Waals surface area contributed by atoms with E-state index in [1.54, 1.807) is 0 Å². The first-order valence-corrected chi connectivity index (χ1v) is 104. The highest BCUT2D eigenvalue weighted by atomic mass is 28.5. The molecule has 0 aromatic carbocycles. The molecule has 18 nitrogen and oxygen atoms in total. The Balaban J connectivity index is -0.00000174. The second-order valence-corrected chi connectivity index (χ2v) is 129. The topological polar surface area (TPSA) is 232 Å². The van der Waals surface area contributed by atoms with Crippen molar-refractivity contribution in [3.05, 3.63) is 0 Å². The van der Waals surface area contributed by atoms with Gasteiger partial charge in [0.15, 0.2) is 99.8 Å². The second kappa shape index (κ2) is 52.7. The maximum Gasteiger partial charge on any atom is 0.317 e. The Labute approximate surface area is 778 Å². The van der Waals surface area contributed by atoms with Gasteiger partial charge in [-0.1, -0.05) is 106 Å². The maximum atomic E-state index is 10.5. The Morgan fingerprint density at radius 1 is 0.197 bits per heavy atom. The molecule has 0 fully saturated rings. The molecule has 36 heteroatoms. The molecule has 0 amide bonds. The van der Waals surface area contributed by atoms with E-state index in [0.717, 1.165) is 134 Å². The lowest BCUT2D eigenvalue weighted by Gasteiger charge is -2.44. The Bertz CT molecular complexity index is 2590. The fourth-order valence-electron chi connectivity index (χ4n) is 18.1. The molecule has 0 saturated heterocycles. The molecule has 0 aliphatic heterocycles. The smallest absolute Gasteiger partial charge is 0.317 e. The Kier molecular flexibility index (Phi) is 55.8. The summed E-state index contributed by atoms with van der Waals surface area (Å²) in [6.07, 6.45) is 17.3. The summed E-state index contributed by atoms with van der Waals surface area (Å²) in [7, 11) is -34.7. The van der Waals surface area contributed by atoms with Crippen LogP contribution in [-0.2, 0) is 49.4 Å². The molecule has 0 saturated carbocycles. The molecule has 738 valence electrons. The molecule has 6 N–H and O–H groups in total. The van der Waals surface area contributed by atoms with E-state index in [9.17, 15) is 30.6 Å². The molecule has 0 bridgehead atoms. The first-order valence-electron chi connectivity index (χ1n) is 48.0. The fraction of sp³-hybridized carbons (Fsp3) is 1.00. The van der Waals surface area contributed by atoms with Crippen molar-refractivity contribution in [1.29, 1.82) is 0 Å². The maximum absolute atomic E-state index is 10.5. The van der Waals surface area contributed by atoms with Crippen LogP contribution in [0.25, 0.3) is 0 Å². The number of aliphatic hydroxyl groups is 6. The third kappa shape index (κ3) is 62.0. The van der Waals surface area contributed by atoms with Crippen molar-refractivity contribution >= 4 is 151 Å².